The number of amides is 1. The third kappa shape index (κ3) is 4.79. The second-order valence-electron chi connectivity index (χ2n) is 7.07. The number of aromatic amines is 1. The number of rotatable bonds is 6. The lowest BCUT2D eigenvalue weighted by Crippen LogP contribution is -2.15. The standard InChI is InChI=1S/C18H14F3N.C4H10N2O/c19-12-6-4-11(5-7-12)17-16(10-2-1-3-10)14-8-13(20)9-15(21)18(14)22-17;5-2-1-3-6-4-7/h4-10,22H,1-3H2;4H,1-3,5H2,(H,6,7). The normalized spacial score (nSPS) is 13.5. The van der Waals surface area contributed by atoms with Crippen molar-refractivity contribution in [1.29, 1.82) is 0 Å². The predicted octanol–water partition coefficient (Wildman–Crippen LogP) is 4.60. The molecule has 0 spiro atoms. The van der Waals surface area contributed by atoms with Gasteiger partial charge in [0.1, 0.15) is 17.5 Å². The largest absolute Gasteiger partial charge is 0.359 e. The lowest BCUT2D eigenvalue weighted by molar-refractivity contribution is -0.109. The van der Waals surface area contributed by atoms with Crippen LogP contribution in [0.5, 0.6) is 0 Å². The molecule has 1 saturated carbocycles. The van der Waals surface area contributed by atoms with E-state index in [0.717, 1.165) is 48.6 Å². The number of H-pyrrole nitrogens is 1. The zero-order valence-electron chi connectivity index (χ0n) is 16.0. The van der Waals surface area contributed by atoms with Crippen LogP contribution in [0.25, 0.3) is 22.2 Å². The SMILES string of the molecule is Fc1ccc(-c2[nH]c3c(F)cc(F)cc3c2C2CCC2)cc1.NCCCNC=O. The Labute approximate surface area is 167 Å². The van der Waals surface area contributed by atoms with Crippen molar-refractivity contribution in [2.45, 2.75) is 31.6 Å². The second-order valence-corrected chi connectivity index (χ2v) is 7.07. The summed E-state index contributed by atoms with van der Waals surface area (Å²) in [7, 11) is 0. The van der Waals surface area contributed by atoms with Gasteiger partial charge in [-0.25, -0.2) is 13.2 Å². The van der Waals surface area contributed by atoms with Gasteiger partial charge in [-0.3, -0.25) is 4.79 Å². The molecule has 3 aromatic rings. The number of nitrogens with one attached hydrogen (secondary N) is 2. The van der Waals surface area contributed by atoms with Crippen molar-refractivity contribution < 1.29 is 18.0 Å². The molecule has 2 aromatic carbocycles. The van der Waals surface area contributed by atoms with Gasteiger partial charge in [0.25, 0.3) is 0 Å². The summed E-state index contributed by atoms with van der Waals surface area (Å²) in [4.78, 5) is 12.6. The molecule has 0 atom stereocenters. The van der Waals surface area contributed by atoms with E-state index in [1.165, 1.54) is 18.2 Å². The number of carbonyl (C=O) groups is 1. The predicted molar refractivity (Wildman–Crippen MR) is 108 cm³/mol. The molecule has 1 aliphatic rings. The average molecular weight is 403 g/mol. The van der Waals surface area contributed by atoms with E-state index in [0.29, 0.717) is 36.3 Å². The lowest BCUT2D eigenvalue weighted by atomic mass is 9.78. The summed E-state index contributed by atoms with van der Waals surface area (Å²) in [6.07, 6.45) is 4.69. The molecule has 4 nitrogen and oxygen atoms in total. The van der Waals surface area contributed by atoms with Gasteiger partial charge in [-0.05, 0) is 73.2 Å². The molecular formula is C22H24F3N3O. The zero-order chi connectivity index (χ0) is 20.8. The first kappa shape index (κ1) is 20.9. The summed E-state index contributed by atoms with van der Waals surface area (Å²) in [5.41, 5.74) is 7.94. The van der Waals surface area contributed by atoms with Gasteiger partial charge in [0, 0.05) is 18.0 Å². The van der Waals surface area contributed by atoms with Crippen LogP contribution in [-0.4, -0.2) is 24.5 Å². The molecule has 1 amide bonds. The number of benzene rings is 2. The summed E-state index contributed by atoms with van der Waals surface area (Å²) >= 11 is 0. The molecule has 1 aromatic heterocycles. The number of hydrogen-bond donors (Lipinski definition) is 3. The maximum absolute atomic E-state index is 14.1. The van der Waals surface area contributed by atoms with Crippen LogP contribution in [0.2, 0.25) is 0 Å². The Kier molecular flexibility index (Phi) is 6.93. The van der Waals surface area contributed by atoms with Crippen LogP contribution in [0.15, 0.2) is 36.4 Å². The van der Waals surface area contributed by atoms with E-state index in [-0.39, 0.29) is 5.82 Å². The van der Waals surface area contributed by atoms with Gasteiger partial charge >= 0.3 is 0 Å². The van der Waals surface area contributed by atoms with Crippen LogP contribution in [0.1, 0.15) is 37.2 Å². The molecule has 1 fully saturated rings. The van der Waals surface area contributed by atoms with Gasteiger partial charge in [0.15, 0.2) is 0 Å². The van der Waals surface area contributed by atoms with Crippen LogP contribution in [0.4, 0.5) is 13.2 Å². The second kappa shape index (κ2) is 9.60. The van der Waals surface area contributed by atoms with Crippen LogP contribution in [-0.2, 0) is 4.79 Å². The Morgan fingerprint density at radius 1 is 1.10 bits per heavy atom. The van der Waals surface area contributed by atoms with Crippen molar-refractivity contribution in [2.24, 2.45) is 5.73 Å². The first-order chi connectivity index (χ1) is 14.0. The van der Waals surface area contributed by atoms with Gasteiger partial charge in [-0.2, -0.15) is 0 Å². The van der Waals surface area contributed by atoms with Crippen molar-refractivity contribution in [1.82, 2.24) is 10.3 Å². The number of aromatic nitrogens is 1. The first-order valence-corrected chi connectivity index (χ1v) is 9.68. The number of nitrogens with two attached hydrogens (primary N) is 1. The molecule has 0 unspecified atom stereocenters. The van der Waals surface area contributed by atoms with Crippen molar-refractivity contribution >= 4 is 17.3 Å². The Morgan fingerprint density at radius 3 is 2.41 bits per heavy atom. The highest BCUT2D eigenvalue weighted by atomic mass is 19.1. The highest BCUT2D eigenvalue weighted by Gasteiger charge is 2.27. The molecule has 154 valence electrons. The third-order valence-electron chi connectivity index (χ3n) is 5.12. The number of hydrogen-bond acceptors (Lipinski definition) is 2. The van der Waals surface area contributed by atoms with E-state index in [1.807, 2.05) is 0 Å². The van der Waals surface area contributed by atoms with Crippen molar-refractivity contribution in [2.75, 3.05) is 13.1 Å². The number of halogens is 3. The highest BCUT2D eigenvalue weighted by molar-refractivity contribution is 5.92. The van der Waals surface area contributed by atoms with Gasteiger partial charge in [0.05, 0.1) is 11.2 Å². The lowest BCUT2D eigenvalue weighted by Gasteiger charge is -2.26. The van der Waals surface area contributed by atoms with E-state index < -0.39 is 11.6 Å². The summed E-state index contributed by atoms with van der Waals surface area (Å²) in [6.45, 7) is 1.33. The van der Waals surface area contributed by atoms with Crippen molar-refractivity contribution in [3.63, 3.8) is 0 Å². The monoisotopic (exact) mass is 403 g/mol. The zero-order valence-corrected chi connectivity index (χ0v) is 16.0. The van der Waals surface area contributed by atoms with E-state index in [4.69, 9.17) is 5.73 Å². The van der Waals surface area contributed by atoms with E-state index in [2.05, 4.69) is 10.3 Å². The first-order valence-electron chi connectivity index (χ1n) is 9.68. The number of fused-ring (bicyclic) bond motifs is 1. The topological polar surface area (TPSA) is 70.9 Å². The van der Waals surface area contributed by atoms with E-state index >= 15 is 0 Å². The Balaban J connectivity index is 0.000000298. The molecule has 4 rings (SSSR count). The molecule has 7 heteroatoms. The minimum Gasteiger partial charge on any atom is -0.359 e. The molecule has 0 saturated heterocycles. The summed E-state index contributed by atoms with van der Waals surface area (Å²) in [5.74, 6) is -1.18. The van der Waals surface area contributed by atoms with Gasteiger partial charge in [-0.15, -0.1) is 0 Å². The molecule has 1 aliphatic carbocycles. The van der Waals surface area contributed by atoms with Crippen LogP contribution in [0.3, 0.4) is 0 Å². The Morgan fingerprint density at radius 2 is 1.83 bits per heavy atom. The molecule has 29 heavy (non-hydrogen) atoms. The van der Waals surface area contributed by atoms with Gasteiger partial charge < -0.3 is 16.0 Å². The maximum Gasteiger partial charge on any atom is 0.207 e. The molecule has 0 aliphatic heterocycles. The molecule has 1 heterocycles. The van der Waals surface area contributed by atoms with Crippen LogP contribution >= 0.6 is 0 Å². The van der Waals surface area contributed by atoms with Crippen molar-refractivity contribution in [3.8, 4) is 11.3 Å². The summed E-state index contributed by atoms with van der Waals surface area (Å²) in [6, 6.07) is 8.35. The van der Waals surface area contributed by atoms with Crippen LogP contribution in [0, 0.1) is 17.5 Å². The van der Waals surface area contributed by atoms with Crippen molar-refractivity contribution in [3.05, 3.63) is 59.4 Å². The fourth-order valence-electron chi connectivity index (χ4n) is 3.47. The highest BCUT2D eigenvalue weighted by Crippen LogP contribution is 2.45. The van der Waals surface area contributed by atoms with Gasteiger partial charge in [-0.1, -0.05) is 6.42 Å². The average Bonchev–Trinajstić information content (AvgIpc) is 3.02. The summed E-state index contributed by atoms with van der Waals surface area (Å²) < 4.78 is 40.8. The minimum absolute atomic E-state index is 0.301. The molecule has 0 bridgehead atoms. The molecule has 0 radical (unpaired) electrons. The fraction of sp³-hybridized carbons (Fsp3) is 0.318. The number of carbonyl (C=O) groups excluding carboxylic acids is 1. The maximum atomic E-state index is 14.1. The van der Waals surface area contributed by atoms with E-state index in [1.54, 1.807) is 12.1 Å². The summed E-state index contributed by atoms with van der Waals surface area (Å²) in [5, 5.41) is 3.09. The van der Waals surface area contributed by atoms with Crippen LogP contribution < -0.4 is 11.1 Å². The molecule has 4 N–H and O–H groups in total. The molecular weight excluding hydrogens is 379 g/mol. The van der Waals surface area contributed by atoms with Gasteiger partial charge in [0.2, 0.25) is 6.41 Å². The third-order valence-corrected chi connectivity index (χ3v) is 5.12. The smallest absolute Gasteiger partial charge is 0.207 e. The Hall–Kier alpha value is -2.80. The minimum atomic E-state index is -0.594. The van der Waals surface area contributed by atoms with E-state index in [9.17, 15) is 18.0 Å². The quantitative estimate of drug-likeness (QED) is 0.416. The Bertz CT molecular complexity index is 966. The fourth-order valence-corrected chi connectivity index (χ4v) is 3.47.